The van der Waals surface area contributed by atoms with Gasteiger partial charge in [-0.3, -0.25) is 0 Å². The Bertz CT molecular complexity index is 487. The summed E-state index contributed by atoms with van der Waals surface area (Å²) in [5, 5.41) is 3.55. The number of nitrogens with zero attached hydrogens (tertiary/aromatic N) is 1. The van der Waals surface area contributed by atoms with Gasteiger partial charge < -0.3 is 15.0 Å². The van der Waals surface area contributed by atoms with Gasteiger partial charge in [0, 0.05) is 18.6 Å². The maximum Gasteiger partial charge on any atom is 0.410 e. The molecule has 1 heterocycles. The molecule has 23 heavy (non-hydrogen) atoms. The molecule has 0 spiro atoms. The quantitative estimate of drug-likeness (QED) is 0.780. The zero-order chi connectivity index (χ0) is 15.9. The minimum absolute atomic E-state index is 0.145. The van der Waals surface area contributed by atoms with Gasteiger partial charge in [-0.05, 0) is 57.1 Å². The molecule has 2 fully saturated rings. The summed E-state index contributed by atoms with van der Waals surface area (Å²) < 4.78 is 5.52. The molecule has 1 saturated heterocycles. The Morgan fingerprint density at radius 3 is 2.78 bits per heavy atom. The van der Waals surface area contributed by atoms with Gasteiger partial charge in [-0.25, -0.2) is 4.79 Å². The first-order valence-electron chi connectivity index (χ1n) is 9.03. The van der Waals surface area contributed by atoms with E-state index < -0.39 is 0 Å². The predicted molar refractivity (Wildman–Crippen MR) is 91.2 cm³/mol. The van der Waals surface area contributed by atoms with Crippen molar-refractivity contribution in [1.29, 1.82) is 0 Å². The van der Waals surface area contributed by atoms with Crippen molar-refractivity contribution in [3.05, 3.63) is 35.9 Å². The highest BCUT2D eigenvalue weighted by molar-refractivity contribution is 5.68. The van der Waals surface area contributed by atoms with Gasteiger partial charge >= 0.3 is 6.09 Å². The fraction of sp³-hybridized carbons (Fsp3) is 0.632. The molecule has 3 rings (SSSR count). The Hall–Kier alpha value is -1.55. The number of rotatable bonds is 7. The van der Waals surface area contributed by atoms with E-state index >= 15 is 0 Å². The van der Waals surface area contributed by atoms with E-state index in [1.165, 1.54) is 19.3 Å². The van der Waals surface area contributed by atoms with Crippen molar-refractivity contribution in [2.45, 2.75) is 63.6 Å². The highest BCUT2D eigenvalue weighted by Crippen LogP contribution is 2.23. The maximum atomic E-state index is 12.4. The third-order valence-corrected chi connectivity index (χ3v) is 4.79. The van der Waals surface area contributed by atoms with Crippen molar-refractivity contribution in [3.63, 3.8) is 0 Å². The number of amides is 1. The van der Waals surface area contributed by atoms with Crippen LogP contribution < -0.4 is 5.32 Å². The Labute approximate surface area is 139 Å². The summed E-state index contributed by atoms with van der Waals surface area (Å²) in [5.74, 6) is 0. The second-order valence-electron chi connectivity index (χ2n) is 6.75. The molecule has 1 N–H and O–H groups in total. The van der Waals surface area contributed by atoms with Crippen molar-refractivity contribution in [2.24, 2.45) is 0 Å². The van der Waals surface area contributed by atoms with E-state index in [0.29, 0.717) is 12.6 Å². The fourth-order valence-corrected chi connectivity index (χ4v) is 3.27. The van der Waals surface area contributed by atoms with Gasteiger partial charge in [-0.2, -0.15) is 0 Å². The lowest BCUT2D eigenvalue weighted by atomic mass is 9.98. The van der Waals surface area contributed by atoms with Crippen LogP contribution in [0.1, 0.15) is 50.5 Å². The highest BCUT2D eigenvalue weighted by Gasteiger charge is 2.27. The maximum absolute atomic E-state index is 12.4. The molecule has 4 nitrogen and oxygen atoms in total. The van der Waals surface area contributed by atoms with E-state index in [4.69, 9.17) is 4.74 Å². The molecule has 1 aliphatic heterocycles. The van der Waals surface area contributed by atoms with Crippen molar-refractivity contribution in [1.82, 2.24) is 10.2 Å². The molecule has 0 aromatic heterocycles. The van der Waals surface area contributed by atoms with E-state index in [2.05, 4.69) is 5.32 Å². The second-order valence-corrected chi connectivity index (χ2v) is 6.75. The van der Waals surface area contributed by atoms with Crippen LogP contribution in [0.25, 0.3) is 0 Å². The molecule has 1 atom stereocenters. The van der Waals surface area contributed by atoms with E-state index in [1.54, 1.807) is 0 Å². The lowest BCUT2D eigenvalue weighted by molar-refractivity contribution is 0.0655. The van der Waals surface area contributed by atoms with Gasteiger partial charge in [-0.1, -0.05) is 30.3 Å². The summed E-state index contributed by atoms with van der Waals surface area (Å²) in [4.78, 5) is 14.4. The van der Waals surface area contributed by atoms with Crippen LogP contribution in [0, 0.1) is 0 Å². The number of nitrogens with one attached hydrogen (secondary N) is 1. The average molecular weight is 316 g/mol. The summed E-state index contributed by atoms with van der Waals surface area (Å²) in [6, 6.07) is 11.0. The molecule has 2 aliphatic rings. The minimum atomic E-state index is -0.145. The van der Waals surface area contributed by atoms with Crippen LogP contribution in [0.15, 0.2) is 30.3 Å². The number of hydrogen-bond acceptors (Lipinski definition) is 3. The first-order valence-corrected chi connectivity index (χ1v) is 9.03. The molecule has 4 heteroatoms. The molecule has 0 radical (unpaired) electrons. The highest BCUT2D eigenvalue weighted by atomic mass is 16.6. The SMILES string of the molecule is O=C(OCc1ccccc1)N1CCCC[C@@H]1CCCNC1CC1. The number of carbonyl (C=O) groups excluding carboxylic acids is 1. The monoisotopic (exact) mass is 316 g/mol. The Kier molecular flexibility index (Phi) is 5.92. The summed E-state index contributed by atoms with van der Waals surface area (Å²) in [6.07, 6.45) is 8.19. The second kappa shape index (κ2) is 8.34. The van der Waals surface area contributed by atoms with Crippen LogP contribution in [-0.4, -0.2) is 36.2 Å². The van der Waals surface area contributed by atoms with Crippen molar-refractivity contribution in [3.8, 4) is 0 Å². The van der Waals surface area contributed by atoms with Crippen LogP contribution in [0.3, 0.4) is 0 Å². The first-order chi connectivity index (χ1) is 11.3. The number of likely N-dealkylation sites (tertiary alicyclic amines) is 1. The van der Waals surface area contributed by atoms with E-state index in [1.807, 2.05) is 35.2 Å². The number of benzene rings is 1. The molecule has 1 aliphatic carbocycles. The van der Waals surface area contributed by atoms with Crippen molar-refractivity contribution < 1.29 is 9.53 Å². The van der Waals surface area contributed by atoms with Crippen LogP contribution in [0.5, 0.6) is 0 Å². The third-order valence-electron chi connectivity index (χ3n) is 4.79. The van der Waals surface area contributed by atoms with Gasteiger partial charge in [0.2, 0.25) is 0 Å². The molecular formula is C19H28N2O2. The van der Waals surface area contributed by atoms with Gasteiger partial charge in [0.15, 0.2) is 0 Å². The summed E-state index contributed by atoms with van der Waals surface area (Å²) in [7, 11) is 0. The number of hydrogen-bond donors (Lipinski definition) is 1. The zero-order valence-corrected chi connectivity index (χ0v) is 13.9. The lowest BCUT2D eigenvalue weighted by Gasteiger charge is -2.35. The van der Waals surface area contributed by atoms with Gasteiger partial charge in [0.05, 0.1) is 0 Å². The first kappa shape index (κ1) is 16.3. The van der Waals surface area contributed by atoms with Crippen LogP contribution in [0.4, 0.5) is 4.79 Å². The molecule has 1 aromatic rings. The number of piperidine rings is 1. The van der Waals surface area contributed by atoms with Gasteiger partial charge in [0.25, 0.3) is 0 Å². The lowest BCUT2D eigenvalue weighted by Crippen LogP contribution is -2.44. The van der Waals surface area contributed by atoms with Gasteiger partial charge in [-0.15, -0.1) is 0 Å². The smallest absolute Gasteiger partial charge is 0.410 e. The third kappa shape index (κ3) is 5.24. The normalized spacial score (nSPS) is 21.2. The van der Waals surface area contributed by atoms with E-state index in [-0.39, 0.29) is 6.09 Å². The topological polar surface area (TPSA) is 41.6 Å². The number of ether oxygens (including phenoxy) is 1. The van der Waals surface area contributed by atoms with E-state index in [0.717, 1.165) is 50.4 Å². The number of carbonyl (C=O) groups is 1. The summed E-state index contributed by atoms with van der Waals surface area (Å²) in [6.45, 7) is 2.29. The van der Waals surface area contributed by atoms with Crippen LogP contribution >= 0.6 is 0 Å². The Morgan fingerprint density at radius 1 is 1.17 bits per heavy atom. The largest absolute Gasteiger partial charge is 0.445 e. The summed E-state index contributed by atoms with van der Waals surface area (Å²) in [5.41, 5.74) is 1.04. The molecule has 1 amide bonds. The van der Waals surface area contributed by atoms with Crippen LogP contribution in [-0.2, 0) is 11.3 Å². The molecular weight excluding hydrogens is 288 g/mol. The molecule has 126 valence electrons. The minimum Gasteiger partial charge on any atom is -0.445 e. The molecule has 1 aromatic carbocycles. The predicted octanol–water partition coefficient (Wildman–Crippen LogP) is 3.71. The summed E-state index contributed by atoms with van der Waals surface area (Å²) >= 11 is 0. The zero-order valence-electron chi connectivity index (χ0n) is 13.9. The van der Waals surface area contributed by atoms with Crippen molar-refractivity contribution >= 4 is 6.09 Å². The van der Waals surface area contributed by atoms with Crippen LogP contribution in [0.2, 0.25) is 0 Å². The molecule has 1 saturated carbocycles. The molecule has 0 unspecified atom stereocenters. The van der Waals surface area contributed by atoms with Gasteiger partial charge in [0.1, 0.15) is 6.61 Å². The van der Waals surface area contributed by atoms with E-state index in [9.17, 15) is 4.79 Å². The van der Waals surface area contributed by atoms with Crippen molar-refractivity contribution in [2.75, 3.05) is 13.1 Å². The standard InChI is InChI=1S/C19H28N2O2/c22-19(23-15-16-7-2-1-3-8-16)21-14-5-4-9-18(21)10-6-13-20-17-11-12-17/h1-3,7-8,17-18,20H,4-6,9-15H2/t18-/m1/s1. The fourth-order valence-electron chi connectivity index (χ4n) is 3.27. The Balaban J connectivity index is 1.43. The Morgan fingerprint density at radius 2 is 2.00 bits per heavy atom. The molecule has 0 bridgehead atoms. The average Bonchev–Trinajstić information content (AvgIpc) is 3.42.